The minimum absolute atomic E-state index is 0.664. The highest BCUT2D eigenvalue weighted by atomic mass is 16.5. The average molecular weight is 263 g/mol. The van der Waals surface area contributed by atoms with Crippen LogP contribution < -0.4 is 10.1 Å². The quantitative estimate of drug-likeness (QED) is 0.880. The number of likely N-dealkylation sites (tertiary alicyclic amines) is 1. The normalized spacial score (nSPS) is 24.4. The lowest BCUT2D eigenvalue weighted by molar-refractivity contribution is 0.140. The molecule has 1 fully saturated rings. The molecular weight excluding hydrogens is 238 g/mol. The van der Waals surface area contributed by atoms with Crippen molar-refractivity contribution in [3.63, 3.8) is 0 Å². The molecule has 4 heteroatoms. The molecule has 0 spiro atoms. The number of hydrogen-bond donors (Lipinski definition) is 1. The van der Waals surface area contributed by atoms with Crippen molar-refractivity contribution in [2.75, 3.05) is 26.7 Å². The number of aromatic nitrogens is 1. The number of rotatable bonds is 5. The van der Waals surface area contributed by atoms with Gasteiger partial charge in [0.25, 0.3) is 0 Å². The third-order valence-electron chi connectivity index (χ3n) is 3.89. The Bertz CT molecular complexity index is 397. The summed E-state index contributed by atoms with van der Waals surface area (Å²) in [7, 11) is 1.69. The first kappa shape index (κ1) is 14.3. The van der Waals surface area contributed by atoms with Crippen LogP contribution in [0.5, 0.6) is 5.88 Å². The largest absolute Gasteiger partial charge is 0.481 e. The molecule has 0 bridgehead atoms. The molecule has 2 unspecified atom stereocenters. The topological polar surface area (TPSA) is 37.4 Å². The fourth-order valence-electron chi connectivity index (χ4n) is 2.91. The van der Waals surface area contributed by atoms with Gasteiger partial charge in [0.2, 0.25) is 5.88 Å². The highest BCUT2D eigenvalue weighted by Crippen LogP contribution is 2.21. The second kappa shape index (κ2) is 6.87. The van der Waals surface area contributed by atoms with E-state index in [-0.39, 0.29) is 0 Å². The maximum Gasteiger partial charge on any atom is 0.217 e. The Morgan fingerprint density at radius 3 is 3.05 bits per heavy atom. The zero-order chi connectivity index (χ0) is 13.7. The van der Waals surface area contributed by atoms with Gasteiger partial charge in [0.15, 0.2) is 0 Å². The molecule has 1 saturated heterocycles. The van der Waals surface area contributed by atoms with Gasteiger partial charge in [-0.15, -0.1) is 0 Å². The summed E-state index contributed by atoms with van der Waals surface area (Å²) >= 11 is 0. The van der Waals surface area contributed by atoms with E-state index < -0.39 is 0 Å². The Labute approximate surface area is 116 Å². The van der Waals surface area contributed by atoms with Crippen LogP contribution in [0, 0.1) is 5.92 Å². The van der Waals surface area contributed by atoms with Crippen LogP contribution in [0.25, 0.3) is 0 Å². The van der Waals surface area contributed by atoms with Crippen LogP contribution in [0.1, 0.15) is 25.8 Å². The van der Waals surface area contributed by atoms with Crippen LogP contribution in [0.3, 0.4) is 0 Å². The van der Waals surface area contributed by atoms with Gasteiger partial charge in [-0.25, -0.2) is 4.98 Å². The molecule has 2 rings (SSSR count). The first-order chi connectivity index (χ1) is 9.24. The van der Waals surface area contributed by atoms with Crippen LogP contribution in [0.2, 0.25) is 0 Å². The summed E-state index contributed by atoms with van der Waals surface area (Å²) in [4.78, 5) is 6.76. The summed E-state index contributed by atoms with van der Waals surface area (Å²) in [5.41, 5.74) is 1.18. The lowest BCUT2D eigenvalue weighted by atomic mass is 9.93. The maximum atomic E-state index is 5.32. The SMILES string of the molecule is CCNC1CCN(Cc2cccnc2OC)CC1C. The summed E-state index contributed by atoms with van der Waals surface area (Å²) in [6, 6.07) is 4.75. The van der Waals surface area contributed by atoms with E-state index in [4.69, 9.17) is 4.74 Å². The minimum atomic E-state index is 0.664. The molecule has 1 aromatic heterocycles. The first-order valence-corrected chi connectivity index (χ1v) is 7.18. The van der Waals surface area contributed by atoms with E-state index in [1.807, 2.05) is 6.07 Å². The van der Waals surface area contributed by atoms with Crippen LogP contribution in [-0.4, -0.2) is 42.7 Å². The third kappa shape index (κ3) is 3.67. The van der Waals surface area contributed by atoms with Crippen LogP contribution >= 0.6 is 0 Å². The molecule has 0 aliphatic carbocycles. The minimum Gasteiger partial charge on any atom is -0.481 e. The zero-order valence-corrected chi connectivity index (χ0v) is 12.2. The number of nitrogens with zero attached hydrogens (tertiary/aromatic N) is 2. The fraction of sp³-hybridized carbons (Fsp3) is 0.667. The van der Waals surface area contributed by atoms with Gasteiger partial charge in [-0.1, -0.05) is 19.9 Å². The van der Waals surface area contributed by atoms with Crippen molar-refractivity contribution < 1.29 is 4.74 Å². The predicted octanol–water partition coefficient (Wildman–Crippen LogP) is 1.91. The van der Waals surface area contributed by atoms with Gasteiger partial charge >= 0.3 is 0 Å². The smallest absolute Gasteiger partial charge is 0.217 e. The van der Waals surface area contributed by atoms with Crippen LogP contribution in [0.4, 0.5) is 0 Å². The van der Waals surface area contributed by atoms with Crippen LogP contribution in [0.15, 0.2) is 18.3 Å². The van der Waals surface area contributed by atoms with E-state index >= 15 is 0 Å². The number of ether oxygens (including phenoxy) is 1. The Balaban J connectivity index is 1.94. The molecule has 106 valence electrons. The first-order valence-electron chi connectivity index (χ1n) is 7.18. The van der Waals surface area contributed by atoms with E-state index in [9.17, 15) is 0 Å². The second-order valence-electron chi connectivity index (χ2n) is 5.34. The van der Waals surface area contributed by atoms with E-state index in [1.165, 1.54) is 12.0 Å². The molecule has 0 aromatic carbocycles. The highest BCUT2D eigenvalue weighted by molar-refractivity contribution is 5.25. The van der Waals surface area contributed by atoms with E-state index in [0.717, 1.165) is 32.1 Å². The Morgan fingerprint density at radius 1 is 1.53 bits per heavy atom. The van der Waals surface area contributed by atoms with Crippen molar-refractivity contribution in [3.05, 3.63) is 23.9 Å². The molecule has 1 aromatic rings. The van der Waals surface area contributed by atoms with Gasteiger partial charge in [-0.2, -0.15) is 0 Å². The number of piperidine rings is 1. The third-order valence-corrected chi connectivity index (χ3v) is 3.89. The van der Waals surface area contributed by atoms with Crippen molar-refractivity contribution in [2.45, 2.75) is 32.9 Å². The summed E-state index contributed by atoms with van der Waals surface area (Å²) in [6.07, 6.45) is 3.00. The molecule has 0 radical (unpaired) electrons. The van der Waals surface area contributed by atoms with Crippen LogP contribution in [-0.2, 0) is 6.54 Å². The Hall–Kier alpha value is -1.13. The van der Waals surface area contributed by atoms with E-state index in [0.29, 0.717) is 12.0 Å². The molecule has 1 aliphatic heterocycles. The molecule has 2 heterocycles. The zero-order valence-electron chi connectivity index (χ0n) is 12.2. The maximum absolute atomic E-state index is 5.32. The molecule has 4 nitrogen and oxygen atoms in total. The highest BCUT2D eigenvalue weighted by Gasteiger charge is 2.25. The number of methoxy groups -OCH3 is 1. The van der Waals surface area contributed by atoms with Crippen molar-refractivity contribution in [3.8, 4) is 5.88 Å². The van der Waals surface area contributed by atoms with Gasteiger partial charge in [-0.3, -0.25) is 4.90 Å². The molecule has 0 amide bonds. The summed E-state index contributed by atoms with van der Waals surface area (Å²) in [5.74, 6) is 1.44. The van der Waals surface area contributed by atoms with Crippen molar-refractivity contribution >= 4 is 0 Å². The Morgan fingerprint density at radius 2 is 2.37 bits per heavy atom. The summed E-state index contributed by atoms with van der Waals surface area (Å²) in [5, 5.41) is 3.58. The van der Waals surface area contributed by atoms with Crippen molar-refractivity contribution in [1.82, 2.24) is 15.2 Å². The standard InChI is InChI=1S/C15H25N3O/c1-4-16-14-7-9-18(10-12(14)2)11-13-6-5-8-17-15(13)19-3/h5-6,8,12,14,16H,4,7,9-11H2,1-3H3. The van der Waals surface area contributed by atoms with Crippen molar-refractivity contribution in [1.29, 1.82) is 0 Å². The van der Waals surface area contributed by atoms with E-state index in [1.54, 1.807) is 13.3 Å². The van der Waals surface area contributed by atoms with Gasteiger partial charge in [0.05, 0.1) is 7.11 Å². The molecule has 1 aliphatic rings. The summed E-state index contributed by atoms with van der Waals surface area (Å²) in [6.45, 7) is 8.78. The summed E-state index contributed by atoms with van der Waals surface area (Å²) < 4.78 is 5.32. The van der Waals surface area contributed by atoms with Crippen molar-refractivity contribution in [2.24, 2.45) is 5.92 Å². The molecule has 2 atom stereocenters. The monoisotopic (exact) mass is 263 g/mol. The van der Waals surface area contributed by atoms with Gasteiger partial charge in [-0.05, 0) is 31.5 Å². The predicted molar refractivity (Wildman–Crippen MR) is 77.3 cm³/mol. The number of nitrogens with one attached hydrogen (secondary N) is 1. The lowest BCUT2D eigenvalue weighted by Crippen LogP contribution is -2.47. The molecule has 0 saturated carbocycles. The fourth-order valence-corrected chi connectivity index (χ4v) is 2.91. The molecular formula is C15H25N3O. The van der Waals surface area contributed by atoms with E-state index in [2.05, 4.69) is 35.1 Å². The number of hydrogen-bond acceptors (Lipinski definition) is 4. The van der Waals surface area contributed by atoms with Gasteiger partial charge in [0.1, 0.15) is 0 Å². The average Bonchev–Trinajstić information content (AvgIpc) is 2.43. The Kier molecular flexibility index (Phi) is 5.16. The second-order valence-corrected chi connectivity index (χ2v) is 5.34. The van der Waals surface area contributed by atoms with Gasteiger partial charge < -0.3 is 10.1 Å². The number of pyridine rings is 1. The lowest BCUT2D eigenvalue weighted by Gasteiger charge is -2.37. The van der Waals surface area contributed by atoms with Gasteiger partial charge in [0, 0.05) is 30.9 Å². The molecule has 19 heavy (non-hydrogen) atoms. The molecule has 1 N–H and O–H groups in total.